The van der Waals surface area contributed by atoms with Crippen molar-refractivity contribution in [2.45, 2.75) is 38.3 Å². The van der Waals surface area contributed by atoms with Crippen LogP contribution in [0.25, 0.3) is 10.2 Å². The van der Waals surface area contributed by atoms with E-state index in [1.165, 1.54) is 23.1 Å². The number of amides is 1. The van der Waals surface area contributed by atoms with Crippen molar-refractivity contribution in [3.8, 4) is 5.75 Å². The summed E-state index contributed by atoms with van der Waals surface area (Å²) in [5, 5.41) is 5.17. The minimum absolute atomic E-state index is 0.0128. The molecule has 2 aromatic heterocycles. The van der Waals surface area contributed by atoms with E-state index in [1.807, 2.05) is 30.3 Å². The van der Waals surface area contributed by atoms with Gasteiger partial charge in [-0.1, -0.05) is 31.0 Å². The van der Waals surface area contributed by atoms with E-state index in [-0.39, 0.29) is 5.91 Å². The number of hydrogen-bond donors (Lipinski definition) is 1. The van der Waals surface area contributed by atoms with Crippen LogP contribution in [0.15, 0.2) is 41.8 Å². The van der Waals surface area contributed by atoms with Gasteiger partial charge in [0.05, 0.1) is 17.3 Å². The van der Waals surface area contributed by atoms with Gasteiger partial charge in [-0.05, 0) is 36.4 Å². The number of thiophene rings is 1. The lowest BCUT2D eigenvalue weighted by atomic mass is 10.2. The Balaban J connectivity index is 1.59. The van der Waals surface area contributed by atoms with Gasteiger partial charge in [0.15, 0.2) is 0 Å². The normalized spacial score (nSPS) is 14.9. The third-order valence-corrected chi connectivity index (χ3v) is 5.87. The third-order valence-electron chi connectivity index (χ3n) is 5.01. The lowest BCUT2D eigenvalue weighted by Crippen LogP contribution is -2.26. The second-order valence-corrected chi connectivity index (χ2v) is 7.45. The molecule has 1 aromatic carbocycles. The van der Waals surface area contributed by atoms with E-state index in [9.17, 15) is 4.79 Å². The van der Waals surface area contributed by atoms with Crippen LogP contribution in [0.5, 0.6) is 5.75 Å². The highest BCUT2D eigenvalue weighted by atomic mass is 32.1. The first-order valence-electron chi connectivity index (χ1n) is 8.76. The maximum atomic E-state index is 12.9. The summed E-state index contributed by atoms with van der Waals surface area (Å²) in [6, 6.07) is 12.4. The number of nitrogens with zero attached hydrogens (tertiary/aromatic N) is 1. The zero-order valence-corrected chi connectivity index (χ0v) is 15.1. The average Bonchev–Trinajstić information content (AvgIpc) is 3.36. The third kappa shape index (κ3) is 3.04. The van der Waals surface area contributed by atoms with Crippen LogP contribution in [-0.4, -0.2) is 17.6 Å². The van der Waals surface area contributed by atoms with Gasteiger partial charge < -0.3 is 14.6 Å². The second-order valence-electron chi connectivity index (χ2n) is 6.50. The van der Waals surface area contributed by atoms with Crippen LogP contribution in [0.3, 0.4) is 0 Å². The van der Waals surface area contributed by atoms with Crippen LogP contribution in [0.1, 0.15) is 47.8 Å². The van der Waals surface area contributed by atoms with E-state index < -0.39 is 0 Å². The van der Waals surface area contributed by atoms with Crippen molar-refractivity contribution in [2.75, 3.05) is 7.11 Å². The lowest BCUT2D eigenvalue weighted by Gasteiger charge is -2.17. The molecule has 1 fully saturated rings. The molecule has 130 valence electrons. The molecule has 0 unspecified atom stereocenters. The first kappa shape index (κ1) is 16.2. The van der Waals surface area contributed by atoms with Crippen LogP contribution < -0.4 is 10.1 Å². The highest BCUT2D eigenvalue weighted by Gasteiger charge is 2.25. The highest BCUT2D eigenvalue weighted by molar-refractivity contribution is 7.17. The Morgan fingerprint density at radius 1 is 1.28 bits per heavy atom. The Kier molecular flexibility index (Phi) is 4.49. The molecule has 1 aliphatic carbocycles. The molecule has 0 atom stereocenters. The molecule has 1 aliphatic rings. The average molecular weight is 354 g/mol. The Hall–Kier alpha value is -2.27. The van der Waals surface area contributed by atoms with E-state index in [2.05, 4.69) is 21.3 Å². The van der Waals surface area contributed by atoms with Crippen molar-refractivity contribution in [2.24, 2.45) is 0 Å². The Morgan fingerprint density at radius 3 is 2.88 bits per heavy atom. The van der Waals surface area contributed by atoms with Gasteiger partial charge in [-0.2, -0.15) is 0 Å². The summed E-state index contributed by atoms with van der Waals surface area (Å²) in [6.07, 6.45) is 4.81. The van der Waals surface area contributed by atoms with Crippen LogP contribution in [0.2, 0.25) is 0 Å². The number of fused-ring (bicyclic) bond motifs is 1. The molecule has 0 bridgehead atoms. The molecule has 1 amide bonds. The highest BCUT2D eigenvalue weighted by Crippen LogP contribution is 2.36. The van der Waals surface area contributed by atoms with Crippen LogP contribution >= 0.6 is 11.3 Å². The number of ether oxygens (including phenoxy) is 1. The zero-order chi connectivity index (χ0) is 17.2. The number of nitrogens with one attached hydrogen (secondary N) is 1. The summed E-state index contributed by atoms with van der Waals surface area (Å²) in [5.74, 6) is 0.788. The van der Waals surface area contributed by atoms with Gasteiger partial charge in [-0.3, -0.25) is 4.79 Å². The summed E-state index contributed by atoms with van der Waals surface area (Å²) in [4.78, 5) is 12.9. The van der Waals surface area contributed by atoms with Crippen molar-refractivity contribution in [3.63, 3.8) is 0 Å². The quantitative estimate of drug-likeness (QED) is 0.718. The molecule has 0 radical (unpaired) electrons. The van der Waals surface area contributed by atoms with Gasteiger partial charge in [0, 0.05) is 18.2 Å². The SMILES string of the molecule is COc1ccccc1CNC(=O)c1cc2sccc2n1C1CCCC1. The van der Waals surface area contributed by atoms with Crippen molar-refractivity contribution in [1.29, 1.82) is 0 Å². The molecule has 3 aromatic rings. The van der Waals surface area contributed by atoms with Crippen LogP contribution in [-0.2, 0) is 6.54 Å². The molecule has 1 saturated carbocycles. The number of aromatic nitrogens is 1. The predicted molar refractivity (Wildman–Crippen MR) is 101 cm³/mol. The minimum Gasteiger partial charge on any atom is -0.496 e. The summed E-state index contributed by atoms with van der Waals surface area (Å²) >= 11 is 1.70. The first-order chi connectivity index (χ1) is 12.3. The topological polar surface area (TPSA) is 43.3 Å². The van der Waals surface area contributed by atoms with E-state index in [0.29, 0.717) is 12.6 Å². The minimum atomic E-state index is -0.0128. The van der Waals surface area contributed by atoms with Gasteiger partial charge in [-0.25, -0.2) is 0 Å². The summed E-state index contributed by atoms with van der Waals surface area (Å²) in [5.41, 5.74) is 2.96. The number of benzene rings is 1. The maximum Gasteiger partial charge on any atom is 0.268 e. The lowest BCUT2D eigenvalue weighted by molar-refractivity contribution is 0.0940. The molecular weight excluding hydrogens is 332 g/mol. The van der Waals surface area contributed by atoms with Gasteiger partial charge >= 0.3 is 0 Å². The number of carbonyl (C=O) groups excluding carboxylic acids is 1. The van der Waals surface area contributed by atoms with Crippen LogP contribution in [0.4, 0.5) is 0 Å². The van der Waals surface area contributed by atoms with Crippen molar-refractivity contribution >= 4 is 27.5 Å². The van der Waals surface area contributed by atoms with Crippen molar-refractivity contribution < 1.29 is 9.53 Å². The Bertz CT molecular complexity index is 890. The van der Waals surface area contributed by atoms with Gasteiger partial charge in [0.1, 0.15) is 11.4 Å². The predicted octanol–water partition coefficient (Wildman–Crippen LogP) is 4.76. The standard InChI is InChI=1S/C20H22N2O2S/c1-24-18-9-5-2-6-14(18)13-21-20(23)17-12-19-16(10-11-25-19)22(17)15-7-3-4-8-15/h2,5-6,9-12,15H,3-4,7-8,13H2,1H3,(H,21,23). The fourth-order valence-corrected chi connectivity index (χ4v) is 4.60. The molecule has 4 nitrogen and oxygen atoms in total. The maximum absolute atomic E-state index is 12.9. The number of para-hydroxylation sites is 1. The molecule has 2 heterocycles. The van der Waals surface area contributed by atoms with E-state index in [0.717, 1.165) is 29.8 Å². The van der Waals surface area contributed by atoms with E-state index in [4.69, 9.17) is 4.74 Å². The largest absolute Gasteiger partial charge is 0.496 e. The second kappa shape index (κ2) is 6.92. The molecule has 0 saturated heterocycles. The number of hydrogen-bond acceptors (Lipinski definition) is 3. The molecule has 4 rings (SSSR count). The number of rotatable bonds is 5. The summed E-state index contributed by atoms with van der Waals surface area (Å²) in [6.45, 7) is 0.465. The van der Waals surface area contributed by atoms with Crippen molar-refractivity contribution in [1.82, 2.24) is 9.88 Å². The Morgan fingerprint density at radius 2 is 2.08 bits per heavy atom. The number of methoxy groups -OCH3 is 1. The van der Waals surface area contributed by atoms with Crippen molar-refractivity contribution in [3.05, 3.63) is 53.0 Å². The smallest absolute Gasteiger partial charge is 0.268 e. The Labute approximate surface area is 151 Å². The number of carbonyl (C=O) groups is 1. The molecule has 25 heavy (non-hydrogen) atoms. The van der Waals surface area contributed by atoms with Gasteiger partial charge in [0.25, 0.3) is 5.91 Å². The van der Waals surface area contributed by atoms with E-state index in [1.54, 1.807) is 18.4 Å². The summed E-state index contributed by atoms with van der Waals surface area (Å²) in [7, 11) is 1.65. The van der Waals surface area contributed by atoms with Gasteiger partial charge in [0.2, 0.25) is 0 Å². The molecular formula is C20H22N2O2S. The fourth-order valence-electron chi connectivity index (χ4n) is 3.79. The molecule has 0 spiro atoms. The van der Waals surface area contributed by atoms with Crippen LogP contribution in [0, 0.1) is 0 Å². The molecule has 0 aliphatic heterocycles. The zero-order valence-electron chi connectivity index (χ0n) is 14.3. The fraction of sp³-hybridized carbons (Fsp3) is 0.350. The summed E-state index contributed by atoms with van der Waals surface area (Å²) < 4.78 is 8.82. The molecule has 1 N–H and O–H groups in total. The van der Waals surface area contributed by atoms with E-state index >= 15 is 0 Å². The molecule has 5 heteroatoms. The van der Waals surface area contributed by atoms with Gasteiger partial charge in [-0.15, -0.1) is 11.3 Å². The monoisotopic (exact) mass is 354 g/mol. The first-order valence-corrected chi connectivity index (χ1v) is 9.64.